The molecule has 1 aliphatic rings. The first kappa shape index (κ1) is 12.5. The molecule has 0 bridgehead atoms. The fourth-order valence-corrected chi connectivity index (χ4v) is 2.40. The molecule has 0 heterocycles. The van der Waals surface area contributed by atoms with Gasteiger partial charge in [-0.15, -0.1) is 0 Å². The molecule has 3 nitrogen and oxygen atoms in total. The van der Waals surface area contributed by atoms with E-state index in [-0.39, 0.29) is 6.42 Å². The summed E-state index contributed by atoms with van der Waals surface area (Å²) in [6.07, 6.45) is 4.51. The standard InChI is InChI=1S/C16H21NO2/c17-10-9-16(18)14-7-4-8-15(11-14)19-12-13-5-2-1-3-6-13/h4,7-8,11,13,16,18H,1-3,5-6,9,12H2/i13D. The van der Waals surface area contributed by atoms with Gasteiger partial charge in [-0.2, -0.15) is 5.26 Å². The molecule has 1 aliphatic carbocycles. The van der Waals surface area contributed by atoms with Gasteiger partial charge in [0.15, 0.2) is 0 Å². The van der Waals surface area contributed by atoms with E-state index in [1.54, 1.807) is 12.1 Å². The largest absolute Gasteiger partial charge is 0.493 e. The number of aliphatic hydroxyl groups excluding tert-OH is 1. The van der Waals surface area contributed by atoms with Crippen LogP contribution in [0.1, 0.15) is 51.6 Å². The quantitative estimate of drug-likeness (QED) is 0.880. The van der Waals surface area contributed by atoms with Crippen molar-refractivity contribution in [3.05, 3.63) is 29.8 Å². The van der Waals surface area contributed by atoms with Crippen molar-refractivity contribution in [2.24, 2.45) is 5.89 Å². The molecule has 0 aliphatic heterocycles. The predicted octanol–water partition coefficient (Wildman–Crippen LogP) is 3.59. The molecule has 1 atom stereocenters. The van der Waals surface area contributed by atoms with Crippen LogP contribution in [0.4, 0.5) is 0 Å². The molecule has 1 N–H and O–H groups in total. The first-order valence-corrected chi connectivity index (χ1v) is 6.91. The Bertz CT molecular complexity index is 478. The van der Waals surface area contributed by atoms with Crippen LogP contribution in [-0.2, 0) is 0 Å². The van der Waals surface area contributed by atoms with Gasteiger partial charge in [0.1, 0.15) is 5.75 Å². The number of nitrogens with zero attached hydrogens (tertiary/aromatic N) is 1. The second-order valence-electron chi connectivity index (χ2n) is 5.05. The van der Waals surface area contributed by atoms with Crippen molar-refractivity contribution >= 4 is 0 Å². The lowest BCUT2D eigenvalue weighted by Gasteiger charge is -2.21. The number of rotatable bonds is 5. The van der Waals surface area contributed by atoms with Gasteiger partial charge in [0, 0.05) is 1.37 Å². The Hall–Kier alpha value is -1.53. The van der Waals surface area contributed by atoms with Crippen LogP contribution in [0.15, 0.2) is 24.3 Å². The summed E-state index contributed by atoms with van der Waals surface area (Å²) in [6.45, 7) is 0.394. The van der Waals surface area contributed by atoms with Gasteiger partial charge in [0.05, 0.1) is 25.2 Å². The van der Waals surface area contributed by atoms with E-state index in [9.17, 15) is 5.11 Å². The predicted molar refractivity (Wildman–Crippen MR) is 73.7 cm³/mol. The van der Waals surface area contributed by atoms with Gasteiger partial charge < -0.3 is 9.84 Å². The maximum Gasteiger partial charge on any atom is 0.119 e. The monoisotopic (exact) mass is 260 g/mol. The zero-order valence-corrected chi connectivity index (χ0v) is 11.1. The number of hydrogen-bond donors (Lipinski definition) is 1. The Morgan fingerprint density at radius 3 is 2.95 bits per heavy atom. The maximum atomic E-state index is 9.80. The lowest BCUT2D eigenvalue weighted by molar-refractivity contribution is 0.181. The molecule has 1 aromatic carbocycles. The SMILES string of the molecule is [2H]C1(COc2cccc(C(O)CC#N)c2)CCCCC1. The van der Waals surface area contributed by atoms with E-state index in [0.717, 1.165) is 25.7 Å². The molecule has 1 unspecified atom stereocenters. The highest BCUT2D eigenvalue weighted by molar-refractivity contribution is 5.30. The average Bonchev–Trinajstić information content (AvgIpc) is 2.47. The van der Waals surface area contributed by atoms with Gasteiger partial charge in [-0.25, -0.2) is 0 Å². The Labute approximate surface area is 116 Å². The van der Waals surface area contributed by atoms with Crippen molar-refractivity contribution in [2.45, 2.75) is 44.6 Å². The highest BCUT2D eigenvalue weighted by Gasteiger charge is 2.14. The number of benzene rings is 1. The molecule has 0 aromatic heterocycles. The average molecular weight is 260 g/mol. The molecule has 19 heavy (non-hydrogen) atoms. The number of aliphatic hydroxyl groups is 1. The van der Waals surface area contributed by atoms with Crippen molar-refractivity contribution in [3.63, 3.8) is 0 Å². The van der Waals surface area contributed by atoms with Crippen molar-refractivity contribution < 1.29 is 11.2 Å². The van der Waals surface area contributed by atoms with Crippen LogP contribution in [0, 0.1) is 17.2 Å². The Kier molecular flexibility index (Phi) is 4.71. The highest BCUT2D eigenvalue weighted by atomic mass is 16.5. The zero-order chi connectivity index (χ0) is 14.4. The lowest BCUT2D eigenvalue weighted by Crippen LogP contribution is -2.15. The fourth-order valence-electron chi connectivity index (χ4n) is 2.40. The fraction of sp³-hybridized carbons (Fsp3) is 0.562. The van der Waals surface area contributed by atoms with E-state index in [2.05, 4.69) is 0 Å². The summed E-state index contributed by atoms with van der Waals surface area (Å²) in [4.78, 5) is 0. The van der Waals surface area contributed by atoms with E-state index in [1.165, 1.54) is 6.42 Å². The highest BCUT2D eigenvalue weighted by Crippen LogP contribution is 2.26. The normalized spacial score (nSPS) is 20.1. The molecule has 102 valence electrons. The molecule has 2 rings (SSSR count). The topological polar surface area (TPSA) is 53.2 Å². The van der Waals surface area contributed by atoms with Gasteiger partial charge in [0.2, 0.25) is 0 Å². The molecule has 1 aromatic rings. The molecule has 1 fully saturated rings. The van der Waals surface area contributed by atoms with Crippen LogP contribution in [0.25, 0.3) is 0 Å². The van der Waals surface area contributed by atoms with Crippen molar-refractivity contribution in [3.8, 4) is 11.8 Å². The third-order valence-electron chi connectivity index (χ3n) is 3.53. The molecule has 0 radical (unpaired) electrons. The third-order valence-corrected chi connectivity index (χ3v) is 3.53. The minimum Gasteiger partial charge on any atom is -0.493 e. The summed E-state index contributed by atoms with van der Waals surface area (Å²) in [6, 6.07) is 9.13. The lowest BCUT2D eigenvalue weighted by atomic mass is 9.90. The number of hydrogen-bond acceptors (Lipinski definition) is 3. The van der Waals surface area contributed by atoms with Crippen LogP contribution in [0.3, 0.4) is 0 Å². The van der Waals surface area contributed by atoms with Crippen molar-refractivity contribution in [1.29, 1.82) is 5.26 Å². The van der Waals surface area contributed by atoms with Crippen LogP contribution < -0.4 is 4.74 Å². The molecule has 0 amide bonds. The van der Waals surface area contributed by atoms with Gasteiger partial charge in [-0.1, -0.05) is 31.4 Å². The smallest absolute Gasteiger partial charge is 0.119 e. The molecule has 3 heteroatoms. The van der Waals surface area contributed by atoms with Crippen LogP contribution >= 0.6 is 0 Å². The van der Waals surface area contributed by atoms with Gasteiger partial charge >= 0.3 is 0 Å². The first-order chi connectivity index (χ1) is 9.63. The molecule has 0 spiro atoms. The van der Waals surface area contributed by atoms with Crippen LogP contribution in [0.2, 0.25) is 0 Å². The minimum atomic E-state index is -0.775. The summed E-state index contributed by atoms with van der Waals surface area (Å²) in [7, 11) is 0. The van der Waals surface area contributed by atoms with E-state index in [1.807, 2.05) is 18.2 Å². The minimum absolute atomic E-state index is 0.0752. The molecular formula is C16H21NO2. The molecule has 1 saturated carbocycles. The summed E-state index contributed by atoms with van der Waals surface area (Å²) >= 11 is 0. The summed E-state index contributed by atoms with van der Waals surface area (Å²) in [5.41, 5.74) is 0.687. The molecule has 0 saturated heterocycles. The van der Waals surface area contributed by atoms with Crippen molar-refractivity contribution in [2.75, 3.05) is 6.61 Å². The number of ether oxygens (including phenoxy) is 1. The van der Waals surface area contributed by atoms with E-state index >= 15 is 0 Å². The van der Waals surface area contributed by atoms with E-state index in [0.29, 0.717) is 17.9 Å². The molecular weight excluding hydrogens is 238 g/mol. The first-order valence-electron chi connectivity index (χ1n) is 7.41. The Morgan fingerprint density at radius 1 is 1.42 bits per heavy atom. The van der Waals surface area contributed by atoms with Gasteiger partial charge in [0.25, 0.3) is 0 Å². The van der Waals surface area contributed by atoms with Crippen LogP contribution in [0.5, 0.6) is 5.75 Å². The second-order valence-corrected chi connectivity index (χ2v) is 5.05. The second kappa shape index (κ2) is 7.16. The summed E-state index contributed by atoms with van der Waals surface area (Å²) in [5, 5.41) is 18.4. The van der Waals surface area contributed by atoms with Crippen molar-refractivity contribution in [1.82, 2.24) is 0 Å². The van der Waals surface area contributed by atoms with Crippen LogP contribution in [-0.4, -0.2) is 11.7 Å². The summed E-state index contributed by atoms with van der Waals surface area (Å²) < 4.78 is 14.1. The third kappa shape index (κ3) is 4.25. The van der Waals surface area contributed by atoms with E-state index in [4.69, 9.17) is 11.4 Å². The van der Waals surface area contributed by atoms with E-state index < -0.39 is 12.0 Å². The maximum absolute atomic E-state index is 9.80. The Balaban J connectivity index is 1.96. The number of nitriles is 1. The Morgan fingerprint density at radius 2 is 2.21 bits per heavy atom. The summed E-state index contributed by atoms with van der Waals surface area (Å²) in [5.74, 6) is 0.191. The van der Waals surface area contributed by atoms with Gasteiger partial charge in [-0.3, -0.25) is 0 Å². The zero-order valence-electron chi connectivity index (χ0n) is 12.1. The van der Waals surface area contributed by atoms with Gasteiger partial charge in [-0.05, 0) is 36.4 Å².